The highest BCUT2D eigenvalue weighted by Crippen LogP contribution is 2.56. The van der Waals surface area contributed by atoms with Crippen LogP contribution < -0.4 is 0 Å². The Bertz CT molecular complexity index is 1270. The quantitative estimate of drug-likeness (QED) is 0.667. The number of aliphatic hydroxyl groups is 2. The van der Waals surface area contributed by atoms with E-state index < -0.39 is 22.2 Å². The molecule has 0 amide bonds. The Morgan fingerprint density at radius 3 is 2.40 bits per heavy atom. The van der Waals surface area contributed by atoms with Gasteiger partial charge in [0.15, 0.2) is 0 Å². The Labute approximate surface area is 176 Å². The monoisotopic (exact) mass is 423 g/mol. The third kappa shape index (κ3) is 2.64. The molecule has 1 aromatic heterocycles. The third-order valence-corrected chi connectivity index (χ3v) is 8.28. The molecule has 2 aromatic carbocycles. The summed E-state index contributed by atoms with van der Waals surface area (Å²) in [5.41, 5.74) is 4.47. The average Bonchev–Trinajstić information content (AvgIpc) is 3.40. The zero-order valence-corrected chi connectivity index (χ0v) is 17.8. The predicted molar refractivity (Wildman–Crippen MR) is 117 cm³/mol. The van der Waals surface area contributed by atoms with Gasteiger partial charge in [-0.3, -0.25) is 0 Å². The summed E-state index contributed by atoms with van der Waals surface area (Å²) in [6.07, 6.45) is 5.55. The number of benzene rings is 2. The van der Waals surface area contributed by atoms with Gasteiger partial charge >= 0.3 is 0 Å². The lowest BCUT2D eigenvalue weighted by molar-refractivity contribution is 0.0219. The summed E-state index contributed by atoms with van der Waals surface area (Å²) in [7, 11) is -3.78. The van der Waals surface area contributed by atoms with E-state index in [4.69, 9.17) is 0 Å². The van der Waals surface area contributed by atoms with Crippen LogP contribution in [0.3, 0.4) is 0 Å². The summed E-state index contributed by atoms with van der Waals surface area (Å²) in [6.45, 7) is 3.98. The molecule has 2 aliphatic rings. The van der Waals surface area contributed by atoms with Crippen LogP contribution in [0.5, 0.6) is 0 Å². The second kappa shape index (κ2) is 6.80. The van der Waals surface area contributed by atoms with E-state index in [1.54, 1.807) is 30.5 Å². The molecule has 1 heterocycles. The zero-order valence-electron chi connectivity index (χ0n) is 17.0. The van der Waals surface area contributed by atoms with Gasteiger partial charge in [0.25, 0.3) is 10.0 Å². The summed E-state index contributed by atoms with van der Waals surface area (Å²) in [5.74, 6) is -0.439. The van der Waals surface area contributed by atoms with Gasteiger partial charge in [-0.25, -0.2) is 12.4 Å². The number of aryl methyl sites for hydroxylation is 1. The molecule has 4 atom stereocenters. The lowest BCUT2D eigenvalue weighted by Crippen LogP contribution is -2.32. The Kier molecular flexibility index (Phi) is 4.43. The van der Waals surface area contributed by atoms with Crippen LogP contribution in [0.2, 0.25) is 0 Å². The average molecular weight is 424 g/mol. The van der Waals surface area contributed by atoms with Crippen LogP contribution in [0.4, 0.5) is 0 Å². The SMILES string of the molecule is CC/C=C/c1cc2ccn(S(=O)(=O)c3ccc(C)cc3)c2c2c1C1CC2C(O)C1O. The highest BCUT2D eigenvalue weighted by Gasteiger charge is 2.52. The van der Waals surface area contributed by atoms with Crippen molar-refractivity contribution in [1.82, 2.24) is 3.97 Å². The van der Waals surface area contributed by atoms with Crippen molar-refractivity contribution in [2.75, 3.05) is 0 Å². The van der Waals surface area contributed by atoms with Crippen LogP contribution in [0.1, 0.15) is 53.9 Å². The Morgan fingerprint density at radius 2 is 1.73 bits per heavy atom. The Balaban J connectivity index is 1.79. The number of hydrogen-bond acceptors (Lipinski definition) is 4. The fourth-order valence-electron chi connectivity index (χ4n) is 5.15. The van der Waals surface area contributed by atoms with Crippen LogP contribution in [0.25, 0.3) is 17.0 Å². The van der Waals surface area contributed by atoms with Gasteiger partial charge in [-0.2, -0.15) is 0 Å². The Hall–Kier alpha value is -2.41. The van der Waals surface area contributed by atoms with E-state index in [1.165, 1.54) is 3.97 Å². The van der Waals surface area contributed by atoms with Crippen molar-refractivity contribution >= 4 is 27.0 Å². The van der Waals surface area contributed by atoms with E-state index in [0.29, 0.717) is 11.9 Å². The molecule has 3 aromatic rings. The zero-order chi connectivity index (χ0) is 21.2. The molecule has 0 radical (unpaired) electrons. The first kappa shape index (κ1) is 19.5. The van der Waals surface area contributed by atoms with Gasteiger partial charge in [0.2, 0.25) is 0 Å². The van der Waals surface area contributed by atoms with Crippen LogP contribution in [-0.2, 0) is 10.0 Å². The normalized spacial score (nSPS) is 25.5. The van der Waals surface area contributed by atoms with E-state index in [2.05, 4.69) is 13.0 Å². The molecule has 0 aliphatic heterocycles. The van der Waals surface area contributed by atoms with Crippen molar-refractivity contribution in [3.8, 4) is 0 Å². The molecule has 1 fully saturated rings. The molecule has 30 heavy (non-hydrogen) atoms. The molecule has 2 bridgehead atoms. The van der Waals surface area contributed by atoms with Crippen molar-refractivity contribution in [2.24, 2.45) is 0 Å². The van der Waals surface area contributed by atoms with Gasteiger partial charge in [-0.15, -0.1) is 0 Å². The van der Waals surface area contributed by atoms with E-state index in [0.717, 1.165) is 34.1 Å². The minimum absolute atomic E-state index is 0.175. The number of hydrogen-bond donors (Lipinski definition) is 2. The first-order valence-corrected chi connectivity index (χ1v) is 11.8. The molecule has 4 unspecified atom stereocenters. The smallest absolute Gasteiger partial charge is 0.268 e. The first-order chi connectivity index (χ1) is 14.3. The van der Waals surface area contributed by atoms with Gasteiger partial charge in [0.05, 0.1) is 22.6 Å². The number of aromatic nitrogens is 1. The van der Waals surface area contributed by atoms with Crippen molar-refractivity contribution in [3.63, 3.8) is 0 Å². The third-order valence-electron chi connectivity index (χ3n) is 6.59. The standard InChI is InChI=1S/C24H25NO4S/c1-3-4-5-15-12-16-10-11-25(30(28,29)17-8-6-14(2)7-9-17)22(16)21-19-13-18(20(15)21)23(26)24(19)27/h4-12,18-19,23-24,26-27H,3,13H2,1-2H3/b5-4+. The second-order valence-corrected chi connectivity index (χ2v) is 10.2. The summed E-state index contributed by atoms with van der Waals surface area (Å²) < 4.78 is 28.3. The molecule has 156 valence electrons. The van der Waals surface area contributed by atoms with Crippen LogP contribution in [0.15, 0.2) is 53.6 Å². The summed E-state index contributed by atoms with van der Waals surface area (Å²) in [5, 5.41) is 22.0. The molecule has 0 spiro atoms. The van der Waals surface area contributed by atoms with E-state index in [1.807, 2.05) is 25.1 Å². The van der Waals surface area contributed by atoms with E-state index >= 15 is 0 Å². The first-order valence-electron chi connectivity index (χ1n) is 10.4. The van der Waals surface area contributed by atoms with Crippen LogP contribution >= 0.6 is 0 Å². The van der Waals surface area contributed by atoms with Gasteiger partial charge in [-0.1, -0.05) is 36.8 Å². The topological polar surface area (TPSA) is 79.5 Å². The van der Waals surface area contributed by atoms with Crippen molar-refractivity contribution in [2.45, 2.75) is 55.6 Å². The number of nitrogens with zero attached hydrogens (tertiary/aromatic N) is 1. The van der Waals surface area contributed by atoms with E-state index in [9.17, 15) is 18.6 Å². The maximum atomic E-state index is 13.5. The van der Waals surface area contributed by atoms with Crippen molar-refractivity contribution in [3.05, 3.63) is 70.9 Å². The molecule has 2 aliphatic carbocycles. The van der Waals surface area contributed by atoms with Crippen molar-refractivity contribution in [1.29, 1.82) is 0 Å². The molecule has 5 nitrogen and oxygen atoms in total. The predicted octanol–water partition coefficient (Wildman–Crippen LogP) is 3.92. The molecule has 5 rings (SSSR count). The summed E-state index contributed by atoms with van der Waals surface area (Å²) in [4.78, 5) is 0.234. The van der Waals surface area contributed by atoms with Gasteiger partial charge in [0, 0.05) is 23.4 Å². The molecular formula is C24H25NO4S. The summed E-state index contributed by atoms with van der Waals surface area (Å²) >= 11 is 0. The van der Waals surface area contributed by atoms with Crippen molar-refractivity contribution < 1.29 is 18.6 Å². The van der Waals surface area contributed by atoms with Gasteiger partial charge in [-0.05, 0) is 60.7 Å². The number of aliphatic hydroxyl groups excluding tert-OH is 2. The fraction of sp³-hybridized carbons (Fsp3) is 0.333. The van der Waals surface area contributed by atoms with E-state index in [-0.39, 0.29) is 16.7 Å². The summed E-state index contributed by atoms with van der Waals surface area (Å²) in [6, 6.07) is 10.7. The van der Waals surface area contributed by atoms with Gasteiger partial charge < -0.3 is 10.2 Å². The van der Waals surface area contributed by atoms with Crippen LogP contribution in [0, 0.1) is 6.92 Å². The second-order valence-electron chi connectivity index (χ2n) is 8.40. The molecule has 2 N–H and O–H groups in total. The maximum absolute atomic E-state index is 13.5. The molecule has 6 heteroatoms. The largest absolute Gasteiger partial charge is 0.390 e. The lowest BCUT2D eigenvalue weighted by atomic mass is 9.83. The van der Waals surface area contributed by atoms with Crippen LogP contribution in [-0.4, -0.2) is 34.8 Å². The number of fused-ring (bicyclic) bond motifs is 7. The highest BCUT2D eigenvalue weighted by atomic mass is 32.2. The highest BCUT2D eigenvalue weighted by molar-refractivity contribution is 7.90. The van der Waals surface area contributed by atoms with Gasteiger partial charge in [0.1, 0.15) is 0 Å². The maximum Gasteiger partial charge on any atom is 0.268 e. The minimum atomic E-state index is -3.78. The molecule has 1 saturated carbocycles. The molecular weight excluding hydrogens is 398 g/mol. The minimum Gasteiger partial charge on any atom is -0.390 e. The lowest BCUT2D eigenvalue weighted by Gasteiger charge is -2.28. The number of rotatable bonds is 4. The fourth-order valence-corrected chi connectivity index (χ4v) is 6.52. The molecule has 0 saturated heterocycles. The number of allylic oxidation sites excluding steroid dienone is 1. The Morgan fingerprint density at radius 1 is 1.07 bits per heavy atom.